The van der Waals surface area contributed by atoms with Gasteiger partial charge in [0.2, 0.25) is 17.7 Å². The molecule has 0 spiro atoms. The van der Waals surface area contributed by atoms with Gasteiger partial charge in [0.15, 0.2) is 0 Å². The van der Waals surface area contributed by atoms with Gasteiger partial charge in [-0.2, -0.15) is 0 Å². The number of aromatic nitrogens is 1. The normalized spacial score (nSPS) is 18.5. The van der Waals surface area contributed by atoms with Crippen molar-refractivity contribution < 1.29 is 18.9 Å². The highest BCUT2D eigenvalue weighted by Crippen LogP contribution is 2.33. The van der Waals surface area contributed by atoms with E-state index in [2.05, 4.69) is 5.16 Å². The number of benzene rings is 1. The highest BCUT2D eigenvalue weighted by atomic mass is 16.5. The number of aryl methyl sites for hydroxylation is 2. The SMILES string of the molecule is CC(=O)N1c2ccccc2C[C@H]1C(=O)N1CCN(C(=O)Cc2c(C)noc2C)CC1. The number of nitrogens with zero attached hydrogens (tertiary/aromatic N) is 4. The van der Waals surface area contributed by atoms with E-state index >= 15 is 0 Å². The Kier molecular flexibility index (Phi) is 5.32. The Labute approximate surface area is 175 Å². The topological polar surface area (TPSA) is 87.0 Å². The summed E-state index contributed by atoms with van der Waals surface area (Å²) in [5.74, 6) is 0.487. The molecule has 30 heavy (non-hydrogen) atoms. The minimum Gasteiger partial charge on any atom is -0.361 e. The molecule has 1 aromatic carbocycles. The standard InChI is InChI=1S/C22H26N4O4/c1-14-18(15(2)30-23-14)13-21(28)24-8-10-25(11-9-24)22(29)20-12-17-6-4-5-7-19(17)26(20)16(3)27/h4-7,20H,8-13H2,1-3H3/t20-/m0/s1. The average molecular weight is 410 g/mol. The van der Waals surface area contributed by atoms with Gasteiger partial charge in [0.05, 0.1) is 12.1 Å². The van der Waals surface area contributed by atoms with Crippen LogP contribution in [-0.4, -0.2) is 64.9 Å². The zero-order valence-corrected chi connectivity index (χ0v) is 17.6. The summed E-state index contributed by atoms with van der Waals surface area (Å²) >= 11 is 0. The summed E-state index contributed by atoms with van der Waals surface area (Å²) in [7, 11) is 0. The van der Waals surface area contributed by atoms with Gasteiger partial charge < -0.3 is 14.3 Å². The van der Waals surface area contributed by atoms with E-state index in [-0.39, 0.29) is 24.1 Å². The molecule has 1 fully saturated rings. The van der Waals surface area contributed by atoms with Gasteiger partial charge in [-0.05, 0) is 25.5 Å². The lowest BCUT2D eigenvalue weighted by atomic mass is 10.1. The lowest BCUT2D eigenvalue weighted by Gasteiger charge is -2.37. The van der Waals surface area contributed by atoms with Crippen LogP contribution in [0.15, 0.2) is 28.8 Å². The first-order valence-electron chi connectivity index (χ1n) is 10.2. The van der Waals surface area contributed by atoms with E-state index in [0.29, 0.717) is 38.4 Å². The fourth-order valence-corrected chi connectivity index (χ4v) is 4.38. The Morgan fingerprint density at radius 1 is 1.07 bits per heavy atom. The number of amides is 3. The van der Waals surface area contributed by atoms with Gasteiger partial charge in [-0.15, -0.1) is 0 Å². The van der Waals surface area contributed by atoms with Crippen molar-refractivity contribution in [2.75, 3.05) is 31.1 Å². The Hall–Kier alpha value is -3.16. The highest BCUT2D eigenvalue weighted by Gasteiger charge is 2.39. The molecule has 0 bridgehead atoms. The largest absolute Gasteiger partial charge is 0.361 e. The van der Waals surface area contributed by atoms with Gasteiger partial charge in [-0.1, -0.05) is 23.4 Å². The zero-order valence-electron chi connectivity index (χ0n) is 17.6. The van der Waals surface area contributed by atoms with Crippen molar-refractivity contribution in [3.63, 3.8) is 0 Å². The third kappa shape index (κ3) is 3.58. The predicted molar refractivity (Wildman–Crippen MR) is 110 cm³/mol. The molecule has 2 aliphatic rings. The molecule has 1 saturated heterocycles. The van der Waals surface area contributed by atoms with E-state index < -0.39 is 6.04 Å². The van der Waals surface area contributed by atoms with E-state index in [4.69, 9.17) is 4.52 Å². The fraction of sp³-hybridized carbons (Fsp3) is 0.455. The smallest absolute Gasteiger partial charge is 0.246 e. The first kappa shape index (κ1) is 20.1. The molecule has 3 heterocycles. The minimum absolute atomic E-state index is 0.00938. The van der Waals surface area contributed by atoms with Crippen LogP contribution in [0.2, 0.25) is 0 Å². The van der Waals surface area contributed by atoms with E-state index in [0.717, 1.165) is 22.5 Å². The third-order valence-electron chi connectivity index (χ3n) is 6.05. The van der Waals surface area contributed by atoms with Crippen molar-refractivity contribution in [2.45, 2.75) is 39.7 Å². The highest BCUT2D eigenvalue weighted by molar-refractivity contribution is 6.02. The van der Waals surface area contributed by atoms with E-state index in [9.17, 15) is 14.4 Å². The Balaban J connectivity index is 1.39. The maximum absolute atomic E-state index is 13.2. The number of carbonyl (C=O) groups is 3. The first-order valence-corrected chi connectivity index (χ1v) is 10.2. The second-order valence-electron chi connectivity index (χ2n) is 7.92. The van der Waals surface area contributed by atoms with E-state index in [1.165, 1.54) is 6.92 Å². The molecule has 8 nitrogen and oxygen atoms in total. The van der Waals surface area contributed by atoms with Gasteiger partial charge in [-0.3, -0.25) is 19.3 Å². The van der Waals surface area contributed by atoms with Crippen molar-refractivity contribution in [3.05, 3.63) is 46.8 Å². The van der Waals surface area contributed by atoms with Crippen LogP contribution in [0.5, 0.6) is 0 Å². The molecule has 158 valence electrons. The molecular formula is C22H26N4O4. The number of hydrogen-bond donors (Lipinski definition) is 0. The number of carbonyl (C=O) groups excluding carboxylic acids is 3. The van der Waals surface area contributed by atoms with Crippen LogP contribution >= 0.6 is 0 Å². The van der Waals surface area contributed by atoms with Crippen molar-refractivity contribution in [1.82, 2.24) is 15.0 Å². The van der Waals surface area contributed by atoms with Crippen LogP contribution in [0.1, 0.15) is 29.5 Å². The van der Waals surface area contributed by atoms with Crippen molar-refractivity contribution in [1.29, 1.82) is 0 Å². The molecule has 1 aromatic heterocycles. The van der Waals surface area contributed by atoms with Gasteiger partial charge in [0, 0.05) is 50.8 Å². The van der Waals surface area contributed by atoms with Gasteiger partial charge >= 0.3 is 0 Å². The lowest BCUT2D eigenvalue weighted by Crippen LogP contribution is -2.56. The van der Waals surface area contributed by atoms with E-state index in [1.807, 2.05) is 31.2 Å². The molecule has 0 aliphatic carbocycles. The molecule has 3 amide bonds. The average Bonchev–Trinajstić information content (AvgIpc) is 3.28. The number of anilines is 1. The van der Waals surface area contributed by atoms with Crippen LogP contribution in [0.25, 0.3) is 0 Å². The summed E-state index contributed by atoms with van der Waals surface area (Å²) in [6.07, 6.45) is 0.783. The molecule has 0 radical (unpaired) electrons. The summed E-state index contributed by atoms with van der Waals surface area (Å²) in [6, 6.07) is 7.14. The van der Waals surface area contributed by atoms with Crippen LogP contribution in [0.4, 0.5) is 5.69 Å². The van der Waals surface area contributed by atoms with Gasteiger partial charge in [0.1, 0.15) is 11.8 Å². The Bertz CT molecular complexity index is 971. The van der Waals surface area contributed by atoms with Crippen LogP contribution in [0.3, 0.4) is 0 Å². The summed E-state index contributed by atoms with van der Waals surface area (Å²) in [6.45, 7) is 7.01. The third-order valence-corrected chi connectivity index (χ3v) is 6.05. The molecular weight excluding hydrogens is 384 g/mol. The number of hydrogen-bond acceptors (Lipinski definition) is 5. The maximum Gasteiger partial charge on any atom is 0.246 e. The summed E-state index contributed by atoms with van der Waals surface area (Å²) < 4.78 is 5.14. The van der Waals surface area contributed by atoms with Crippen LogP contribution in [0, 0.1) is 13.8 Å². The molecule has 0 unspecified atom stereocenters. The maximum atomic E-state index is 13.2. The van der Waals surface area contributed by atoms with Crippen molar-refractivity contribution in [2.24, 2.45) is 0 Å². The number of fused-ring (bicyclic) bond motifs is 1. The second kappa shape index (κ2) is 7.93. The monoisotopic (exact) mass is 410 g/mol. The van der Waals surface area contributed by atoms with E-state index in [1.54, 1.807) is 21.6 Å². The molecule has 0 N–H and O–H groups in total. The molecule has 4 rings (SSSR count). The second-order valence-corrected chi connectivity index (χ2v) is 7.92. The molecule has 2 aromatic rings. The van der Waals surface area contributed by atoms with Crippen molar-refractivity contribution >= 4 is 23.4 Å². The quantitative estimate of drug-likeness (QED) is 0.765. The summed E-state index contributed by atoms with van der Waals surface area (Å²) in [5, 5.41) is 3.90. The molecule has 1 atom stereocenters. The summed E-state index contributed by atoms with van der Waals surface area (Å²) in [5.41, 5.74) is 3.40. The van der Waals surface area contributed by atoms with Crippen LogP contribution < -0.4 is 4.90 Å². The number of piperazine rings is 1. The minimum atomic E-state index is -0.510. The van der Waals surface area contributed by atoms with Gasteiger partial charge in [0.25, 0.3) is 0 Å². The number of rotatable bonds is 3. The zero-order chi connectivity index (χ0) is 21.4. The fourth-order valence-electron chi connectivity index (χ4n) is 4.38. The Morgan fingerprint density at radius 2 is 1.73 bits per heavy atom. The first-order chi connectivity index (χ1) is 14.4. The summed E-state index contributed by atoms with van der Waals surface area (Å²) in [4.78, 5) is 43.3. The molecule has 2 aliphatic heterocycles. The van der Waals surface area contributed by atoms with Crippen LogP contribution in [-0.2, 0) is 27.2 Å². The predicted octanol–water partition coefficient (Wildman–Crippen LogP) is 1.48. The number of para-hydroxylation sites is 1. The lowest BCUT2D eigenvalue weighted by molar-refractivity contribution is -0.140. The van der Waals surface area contributed by atoms with Crippen molar-refractivity contribution in [3.8, 4) is 0 Å². The Morgan fingerprint density at radius 3 is 2.37 bits per heavy atom. The van der Waals surface area contributed by atoms with Gasteiger partial charge in [-0.25, -0.2) is 0 Å². The molecule has 8 heteroatoms. The molecule has 0 saturated carbocycles.